The van der Waals surface area contributed by atoms with Gasteiger partial charge in [0.05, 0.1) is 0 Å². The molecule has 23 heavy (non-hydrogen) atoms. The first-order valence-electron chi connectivity index (χ1n) is 7.61. The number of carbonyl (C=O) groups excluding carboxylic acids is 1. The number of furan rings is 1. The van der Waals surface area contributed by atoms with E-state index in [1.54, 1.807) is 24.3 Å². The lowest BCUT2D eigenvalue weighted by Crippen LogP contribution is -2.08. The van der Waals surface area contributed by atoms with E-state index in [1.807, 2.05) is 44.2 Å². The van der Waals surface area contributed by atoms with Gasteiger partial charge in [0.1, 0.15) is 36.1 Å². The van der Waals surface area contributed by atoms with Crippen LogP contribution in [-0.4, -0.2) is 18.0 Å². The number of para-hydroxylation sites is 1. The Bertz CT molecular complexity index is 746. The van der Waals surface area contributed by atoms with Crippen molar-refractivity contribution in [1.29, 1.82) is 0 Å². The molecule has 120 valence electrons. The van der Waals surface area contributed by atoms with Gasteiger partial charge in [-0.2, -0.15) is 0 Å². The zero-order valence-corrected chi connectivity index (χ0v) is 13.2. The molecular formula is C19H20O4. The van der Waals surface area contributed by atoms with Crippen LogP contribution in [0.25, 0.3) is 11.0 Å². The second-order valence-corrected chi connectivity index (χ2v) is 4.70. The molecule has 0 aliphatic carbocycles. The monoisotopic (exact) mass is 312 g/mol. The molecule has 1 aromatic heterocycles. The summed E-state index contributed by atoms with van der Waals surface area (Å²) in [4.78, 5) is 10.8. The largest absolute Gasteiger partial charge is 0.490 e. The Labute approximate surface area is 135 Å². The number of hydrogen-bond donors (Lipinski definition) is 1. The summed E-state index contributed by atoms with van der Waals surface area (Å²) in [5.41, 5.74) is 1.21. The lowest BCUT2D eigenvalue weighted by molar-refractivity contribution is 0.0903. The number of carbonyl (C=O) groups is 1. The number of fused-ring (bicyclic) bond motifs is 1. The minimum absolute atomic E-state index is 0.102. The van der Waals surface area contributed by atoms with Gasteiger partial charge in [-0.05, 0) is 36.4 Å². The van der Waals surface area contributed by atoms with E-state index in [1.165, 1.54) is 0 Å². The fraction of sp³-hybridized carbons (Fsp3) is 0.211. The Hall–Kier alpha value is -2.59. The molecule has 1 unspecified atom stereocenters. The first-order chi connectivity index (χ1) is 11.3. The number of ether oxygens (including phenoxy) is 1. The van der Waals surface area contributed by atoms with Gasteiger partial charge in [0.15, 0.2) is 0 Å². The zero-order chi connectivity index (χ0) is 16.7. The van der Waals surface area contributed by atoms with Gasteiger partial charge in [0.2, 0.25) is 0 Å². The third-order valence-electron chi connectivity index (χ3n) is 3.17. The van der Waals surface area contributed by atoms with Crippen molar-refractivity contribution >= 4 is 17.3 Å². The Morgan fingerprint density at radius 2 is 1.87 bits per heavy atom. The van der Waals surface area contributed by atoms with Crippen molar-refractivity contribution in [1.82, 2.24) is 0 Å². The van der Waals surface area contributed by atoms with E-state index in [-0.39, 0.29) is 6.61 Å². The second-order valence-electron chi connectivity index (χ2n) is 4.70. The highest BCUT2D eigenvalue weighted by Gasteiger charge is 2.14. The fourth-order valence-electron chi connectivity index (χ4n) is 2.09. The van der Waals surface area contributed by atoms with Crippen molar-refractivity contribution in [3.8, 4) is 5.75 Å². The van der Waals surface area contributed by atoms with Crippen LogP contribution in [0.15, 0.2) is 59.0 Å². The molecule has 0 fully saturated rings. The van der Waals surface area contributed by atoms with E-state index in [0.29, 0.717) is 22.7 Å². The number of rotatable bonds is 5. The lowest BCUT2D eigenvalue weighted by Gasteiger charge is -2.09. The molecule has 3 aromatic rings. The molecule has 0 spiro atoms. The topological polar surface area (TPSA) is 59.7 Å². The van der Waals surface area contributed by atoms with Crippen LogP contribution in [0.5, 0.6) is 5.75 Å². The predicted molar refractivity (Wildman–Crippen MR) is 89.8 cm³/mol. The number of aldehydes is 1. The van der Waals surface area contributed by atoms with Crippen LogP contribution in [0.1, 0.15) is 36.1 Å². The molecule has 2 aromatic carbocycles. The number of hydrogen-bond acceptors (Lipinski definition) is 4. The summed E-state index contributed by atoms with van der Waals surface area (Å²) in [6.45, 7) is 4.10. The minimum atomic E-state index is -0.864. The summed E-state index contributed by atoms with van der Waals surface area (Å²) in [6.07, 6.45) is -0.0848. The van der Waals surface area contributed by atoms with Crippen LogP contribution >= 0.6 is 0 Å². The average Bonchev–Trinajstić information content (AvgIpc) is 3.05. The highest BCUT2D eigenvalue weighted by atomic mass is 16.5. The Kier molecular flexibility index (Phi) is 5.94. The first-order valence-corrected chi connectivity index (χ1v) is 7.61. The quantitative estimate of drug-likeness (QED) is 0.710. The van der Waals surface area contributed by atoms with Gasteiger partial charge in [-0.25, -0.2) is 0 Å². The van der Waals surface area contributed by atoms with Gasteiger partial charge in [0.25, 0.3) is 0 Å². The normalized spacial score (nSPS) is 11.4. The van der Waals surface area contributed by atoms with Crippen molar-refractivity contribution < 1.29 is 19.1 Å². The Morgan fingerprint density at radius 1 is 1.13 bits per heavy atom. The summed E-state index contributed by atoms with van der Waals surface area (Å²) in [5.74, 6) is 1.11. The van der Waals surface area contributed by atoms with E-state index >= 15 is 0 Å². The molecule has 0 aliphatic rings. The smallest absolute Gasteiger partial charge is 0.150 e. The number of aliphatic hydroxyl groups excluding tert-OH is 1. The zero-order valence-electron chi connectivity index (χ0n) is 13.2. The molecule has 0 bridgehead atoms. The van der Waals surface area contributed by atoms with E-state index in [2.05, 4.69) is 0 Å². The van der Waals surface area contributed by atoms with E-state index in [9.17, 15) is 9.90 Å². The molecule has 1 atom stereocenters. The minimum Gasteiger partial charge on any atom is -0.490 e. The molecule has 0 aliphatic heterocycles. The van der Waals surface area contributed by atoms with Crippen LogP contribution in [0.4, 0.5) is 0 Å². The van der Waals surface area contributed by atoms with Crippen molar-refractivity contribution in [2.75, 3.05) is 6.61 Å². The van der Waals surface area contributed by atoms with Crippen LogP contribution in [0.2, 0.25) is 0 Å². The molecule has 1 N–H and O–H groups in total. The van der Waals surface area contributed by atoms with Crippen molar-refractivity contribution in [3.05, 3.63) is 65.9 Å². The van der Waals surface area contributed by atoms with E-state index in [4.69, 9.17) is 9.15 Å². The SMILES string of the molecule is CC.O=Cc1ccc2oc(C(O)COc3ccccc3)cc2c1. The first kappa shape index (κ1) is 16.8. The molecule has 0 radical (unpaired) electrons. The molecule has 4 heteroatoms. The van der Waals surface area contributed by atoms with Crippen molar-refractivity contribution in [3.63, 3.8) is 0 Å². The molecule has 3 rings (SSSR count). The average molecular weight is 312 g/mol. The molecule has 4 nitrogen and oxygen atoms in total. The number of aliphatic hydroxyl groups is 1. The van der Waals surface area contributed by atoms with Crippen LogP contribution in [0, 0.1) is 0 Å². The summed E-state index contributed by atoms with van der Waals surface area (Å²) in [5, 5.41) is 10.9. The summed E-state index contributed by atoms with van der Waals surface area (Å²) in [7, 11) is 0. The summed E-state index contributed by atoms with van der Waals surface area (Å²) < 4.78 is 11.1. The maximum Gasteiger partial charge on any atom is 0.150 e. The fourth-order valence-corrected chi connectivity index (χ4v) is 2.09. The molecule has 1 heterocycles. The van der Waals surface area contributed by atoms with Crippen LogP contribution in [0.3, 0.4) is 0 Å². The van der Waals surface area contributed by atoms with Gasteiger partial charge in [-0.3, -0.25) is 4.79 Å². The van der Waals surface area contributed by atoms with Gasteiger partial charge in [-0.15, -0.1) is 0 Å². The highest BCUT2D eigenvalue weighted by molar-refractivity contribution is 5.86. The van der Waals surface area contributed by atoms with Gasteiger partial charge < -0.3 is 14.3 Å². The van der Waals surface area contributed by atoms with Gasteiger partial charge in [-0.1, -0.05) is 32.0 Å². The van der Waals surface area contributed by atoms with Crippen LogP contribution in [-0.2, 0) is 0 Å². The number of benzene rings is 2. The standard InChI is InChI=1S/C17H14O4.C2H6/c18-10-12-6-7-16-13(8-12)9-17(21-16)15(19)11-20-14-4-2-1-3-5-14;1-2/h1-10,15,19H,11H2;1-2H3. The summed E-state index contributed by atoms with van der Waals surface area (Å²) in [6, 6.07) is 16.1. The third kappa shape index (κ3) is 4.20. The third-order valence-corrected chi connectivity index (χ3v) is 3.17. The Morgan fingerprint density at radius 3 is 2.57 bits per heavy atom. The maximum absolute atomic E-state index is 10.8. The highest BCUT2D eigenvalue weighted by Crippen LogP contribution is 2.25. The molecule has 0 saturated carbocycles. The van der Waals surface area contributed by atoms with Crippen LogP contribution < -0.4 is 4.74 Å². The van der Waals surface area contributed by atoms with Gasteiger partial charge >= 0.3 is 0 Å². The summed E-state index contributed by atoms with van der Waals surface area (Å²) >= 11 is 0. The Balaban J connectivity index is 0.000000924. The maximum atomic E-state index is 10.8. The van der Waals surface area contributed by atoms with Gasteiger partial charge in [0, 0.05) is 10.9 Å². The lowest BCUT2D eigenvalue weighted by atomic mass is 10.1. The van der Waals surface area contributed by atoms with E-state index in [0.717, 1.165) is 11.7 Å². The van der Waals surface area contributed by atoms with E-state index < -0.39 is 6.10 Å². The predicted octanol–water partition coefficient (Wildman–Crippen LogP) is 4.38. The molecular weight excluding hydrogens is 292 g/mol. The van der Waals surface area contributed by atoms with Crippen molar-refractivity contribution in [2.45, 2.75) is 20.0 Å². The molecule has 0 saturated heterocycles. The second kappa shape index (κ2) is 8.15. The van der Waals surface area contributed by atoms with Crippen molar-refractivity contribution in [2.24, 2.45) is 0 Å². The molecule has 0 amide bonds.